The van der Waals surface area contributed by atoms with Crippen LogP contribution in [0.5, 0.6) is 0 Å². The van der Waals surface area contributed by atoms with Gasteiger partial charge in [-0.1, -0.05) is 47.5 Å². The maximum absolute atomic E-state index is 12.4. The van der Waals surface area contributed by atoms with E-state index in [0.717, 1.165) is 16.7 Å². The summed E-state index contributed by atoms with van der Waals surface area (Å²) in [5.74, 6) is 0.00520. The number of carbonyl (C=O) groups excluding carboxylic acids is 2. The number of nitrogens with zero attached hydrogens (tertiary/aromatic N) is 3. The van der Waals surface area contributed by atoms with E-state index in [1.165, 1.54) is 0 Å². The minimum absolute atomic E-state index is 0.0876. The highest BCUT2D eigenvalue weighted by Crippen LogP contribution is 2.10. The third kappa shape index (κ3) is 5.20. The zero-order chi connectivity index (χ0) is 20.1. The molecule has 28 heavy (non-hydrogen) atoms. The van der Waals surface area contributed by atoms with Crippen LogP contribution in [0.25, 0.3) is 0 Å². The third-order valence-electron chi connectivity index (χ3n) is 3.99. The van der Waals surface area contributed by atoms with Crippen LogP contribution in [0.15, 0.2) is 48.5 Å². The second kappa shape index (κ2) is 8.39. The molecule has 0 aliphatic rings. The highest BCUT2D eigenvalue weighted by Gasteiger charge is 2.12. The standard InChI is InChI=1S/C21H21N5O2/c1-13-7-9-16(10-8-13)12-18(27)24-20-22-15(3)23-21(26-20)25-19(28)17-6-4-5-14(2)11-17/h4-11H,12H2,1-3H3,(H2,22,23,24,25,26,27,28). The van der Waals surface area contributed by atoms with Crippen molar-refractivity contribution in [2.75, 3.05) is 10.6 Å². The molecule has 0 unspecified atom stereocenters. The number of anilines is 2. The van der Waals surface area contributed by atoms with E-state index in [2.05, 4.69) is 25.6 Å². The highest BCUT2D eigenvalue weighted by atomic mass is 16.2. The molecule has 0 saturated heterocycles. The fourth-order valence-electron chi connectivity index (χ4n) is 2.61. The van der Waals surface area contributed by atoms with Gasteiger partial charge in [0.25, 0.3) is 5.91 Å². The first kappa shape index (κ1) is 19.2. The molecule has 142 valence electrons. The van der Waals surface area contributed by atoms with Crippen molar-refractivity contribution < 1.29 is 9.59 Å². The molecule has 0 radical (unpaired) electrons. The Balaban J connectivity index is 1.69. The predicted molar refractivity (Wildman–Crippen MR) is 107 cm³/mol. The molecule has 2 amide bonds. The van der Waals surface area contributed by atoms with E-state index in [9.17, 15) is 9.59 Å². The van der Waals surface area contributed by atoms with Crippen molar-refractivity contribution in [1.82, 2.24) is 15.0 Å². The molecule has 3 aromatic rings. The molecule has 7 heteroatoms. The maximum atomic E-state index is 12.4. The first-order valence-corrected chi connectivity index (χ1v) is 8.85. The molecule has 0 spiro atoms. The van der Waals surface area contributed by atoms with E-state index in [1.807, 2.05) is 44.2 Å². The van der Waals surface area contributed by atoms with Gasteiger partial charge in [-0.05, 0) is 38.5 Å². The minimum atomic E-state index is -0.328. The van der Waals surface area contributed by atoms with Gasteiger partial charge in [-0.25, -0.2) is 0 Å². The van der Waals surface area contributed by atoms with Gasteiger partial charge >= 0.3 is 0 Å². The summed E-state index contributed by atoms with van der Waals surface area (Å²) in [7, 11) is 0. The average molecular weight is 375 g/mol. The number of benzene rings is 2. The molecule has 0 fully saturated rings. The number of aromatic nitrogens is 3. The maximum Gasteiger partial charge on any atom is 0.258 e. The molecule has 1 aromatic heterocycles. The summed E-state index contributed by atoms with van der Waals surface area (Å²) >= 11 is 0. The summed E-state index contributed by atoms with van der Waals surface area (Å²) in [6.45, 7) is 5.56. The summed E-state index contributed by atoms with van der Waals surface area (Å²) in [6, 6.07) is 14.9. The molecule has 1 heterocycles. The van der Waals surface area contributed by atoms with Crippen molar-refractivity contribution in [1.29, 1.82) is 0 Å². The molecule has 3 rings (SSSR count). The Morgan fingerprint density at radius 3 is 2.18 bits per heavy atom. The Kier molecular flexibility index (Phi) is 5.74. The van der Waals surface area contributed by atoms with Crippen LogP contribution in [-0.2, 0) is 11.2 Å². The van der Waals surface area contributed by atoms with Crippen LogP contribution in [0.1, 0.15) is 32.9 Å². The Morgan fingerprint density at radius 2 is 1.50 bits per heavy atom. The van der Waals surface area contributed by atoms with E-state index in [4.69, 9.17) is 0 Å². The molecule has 0 aliphatic heterocycles. The number of aryl methyl sites for hydroxylation is 3. The molecular formula is C21H21N5O2. The van der Waals surface area contributed by atoms with Gasteiger partial charge in [0.1, 0.15) is 5.82 Å². The predicted octanol–water partition coefficient (Wildman–Crippen LogP) is 3.23. The normalized spacial score (nSPS) is 10.4. The SMILES string of the molecule is Cc1ccc(CC(=O)Nc2nc(C)nc(NC(=O)c3cccc(C)c3)n2)cc1. The number of amides is 2. The van der Waals surface area contributed by atoms with Crippen molar-refractivity contribution in [3.05, 3.63) is 76.6 Å². The number of nitrogens with one attached hydrogen (secondary N) is 2. The zero-order valence-corrected chi connectivity index (χ0v) is 16.0. The molecule has 0 saturated carbocycles. The molecular weight excluding hydrogens is 354 g/mol. The van der Waals surface area contributed by atoms with E-state index in [0.29, 0.717) is 11.4 Å². The lowest BCUT2D eigenvalue weighted by atomic mass is 10.1. The first-order chi connectivity index (χ1) is 13.4. The fraction of sp³-hybridized carbons (Fsp3) is 0.190. The van der Waals surface area contributed by atoms with E-state index in [1.54, 1.807) is 25.1 Å². The highest BCUT2D eigenvalue weighted by molar-refractivity contribution is 6.03. The second-order valence-electron chi connectivity index (χ2n) is 6.56. The van der Waals surface area contributed by atoms with Crippen LogP contribution in [0.3, 0.4) is 0 Å². The van der Waals surface area contributed by atoms with E-state index in [-0.39, 0.29) is 30.1 Å². The lowest BCUT2D eigenvalue weighted by Gasteiger charge is -2.08. The summed E-state index contributed by atoms with van der Waals surface area (Å²) < 4.78 is 0. The van der Waals surface area contributed by atoms with Crippen LogP contribution in [0, 0.1) is 20.8 Å². The van der Waals surface area contributed by atoms with Crippen LogP contribution in [0.2, 0.25) is 0 Å². The Bertz CT molecular complexity index is 1020. The molecule has 0 bridgehead atoms. The number of carbonyl (C=O) groups is 2. The van der Waals surface area contributed by atoms with Crippen molar-refractivity contribution in [2.24, 2.45) is 0 Å². The largest absolute Gasteiger partial charge is 0.294 e. The van der Waals surface area contributed by atoms with Gasteiger partial charge in [-0.2, -0.15) is 15.0 Å². The van der Waals surface area contributed by atoms with Gasteiger partial charge in [0.05, 0.1) is 6.42 Å². The quantitative estimate of drug-likeness (QED) is 0.714. The van der Waals surface area contributed by atoms with Gasteiger partial charge < -0.3 is 0 Å². The molecule has 0 aliphatic carbocycles. The minimum Gasteiger partial charge on any atom is -0.294 e. The number of rotatable bonds is 5. The zero-order valence-electron chi connectivity index (χ0n) is 16.0. The van der Waals surface area contributed by atoms with Crippen LogP contribution in [-0.4, -0.2) is 26.8 Å². The van der Waals surface area contributed by atoms with Gasteiger partial charge in [0.15, 0.2) is 0 Å². The average Bonchev–Trinajstić information content (AvgIpc) is 2.63. The van der Waals surface area contributed by atoms with Gasteiger partial charge in [-0.3, -0.25) is 20.2 Å². The smallest absolute Gasteiger partial charge is 0.258 e. The van der Waals surface area contributed by atoms with E-state index < -0.39 is 0 Å². The van der Waals surface area contributed by atoms with Gasteiger partial charge in [0, 0.05) is 5.56 Å². The van der Waals surface area contributed by atoms with Crippen molar-refractivity contribution in [3.8, 4) is 0 Å². The van der Waals surface area contributed by atoms with E-state index >= 15 is 0 Å². The summed E-state index contributed by atoms with van der Waals surface area (Å²) in [4.78, 5) is 37.0. The summed E-state index contributed by atoms with van der Waals surface area (Å²) in [5, 5.41) is 5.30. The topological polar surface area (TPSA) is 96.9 Å². The van der Waals surface area contributed by atoms with Crippen molar-refractivity contribution in [3.63, 3.8) is 0 Å². The monoisotopic (exact) mass is 375 g/mol. The fourth-order valence-corrected chi connectivity index (χ4v) is 2.61. The molecule has 7 nitrogen and oxygen atoms in total. The van der Waals surface area contributed by atoms with Crippen LogP contribution < -0.4 is 10.6 Å². The van der Waals surface area contributed by atoms with Gasteiger partial charge in [-0.15, -0.1) is 0 Å². The summed E-state index contributed by atoms with van der Waals surface area (Å²) in [6.07, 6.45) is 0.204. The lowest BCUT2D eigenvalue weighted by molar-refractivity contribution is -0.115. The van der Waals surface area contributed by atoms with Gasteiger partial charge in [0.2, 0.25) is 17.8 Å². The second-order valence-corrected chi connectivity index (χ2v) is 6.56. The first-order valence-electron chi connectivity index (χ1n) is 8.85. The number of hydrogen-bond acceptors (Lipinski definition) is 5. The molecule has 2 aromatic carbocycles. The third-order valence-corrected chi connectivity index (χ3v) is 3.99. The van der Waals surface area contributed by atoms with Crippen LogP contribution in [0.4, 0.5) is 11.9 Å². The van der Waals surface area contributed by atoms with Crippen molar-refractivity contribution >= 4 is 23.7 Å². The Hall–Kier alpha value is -3.61. The van der Waals surface area contributed by atoms with Crippen LogP contribution >= 0.6 is 0 Å². The lowest BCUT2D eigenvalue weighted by Crippen LogP contribution is -2.19. The molecule has 0 atom stereocenters. The summed E-state index contributed by atoms with van der Waals surface area (Å²) in [5.41, 5.74) is 3.50. The Labute approximate surface area is 163 Å². The van der Waals surface area contributed by atoms with Crippen molar-refractivity contribution in [2.45, 2.75) is 27.2 Å². The molecule has 2 N–H and O–H groups in total. The number of hydrogen-bond donors (Lipinski definition) is 2. The Morgan fingerprint density at radius 1 is 0.821 bits per heavy atom.